The molecule has 2 fully saturated rings. The maximum absolute atomic E-state index is 5.96. The Labute approximate surface area is 144 Å². The van der Waals surface area contributed by atoms with E-state index < -0.39 is 0 Å². The fraction of sp³-hybridized carbons (Fsp3) is 0.429. The van der Waals surface area contributed by atoms with Crippen molar-refractivity contribution in [2.75, 3.05) is 6.54 Å². The molecule has 0 spiro atoms. The summed E-state index contributed by atoms with van der Waals surface area (Å²) in [7, 11) is 0. The van der Waals surface area contributed by atoms with Crippen LogP contribution in [0.4, 0.5) is 0 Å². The Balaban J connectivity index is 1.46. The molecule has 0 amide bonds. The third-order valence-electron chi connectivity index (χ3n) is 5.53. The molecule has 0 N–H and O–H groups in total. The van der Waals surface area contributed by atoms with Crippen molar-refractivity contribution in [1.82, 2.24) is 4.90 Å². The van der Waals surface area contributed by atoms with Gasteiger partial charge in [-0.05, 0) is 67.5 Å². The molecule has 2 aliphatic heterocycles. The summed E-state index contributed by atoms with van der Waals surface area (Å²) in [6.45, 7) is 1.29. The number of fused-ring (bicyclic) bond motifs is 1. The molecule has 120 valence electrons. The van der Waals surface area contributed by atoms with E-state index in [1.54, 1.807) is 0 Å². The average Bonchev–Trinajstić information content (AvgIpc) is 3.02. The van der Waals surface area contributed by atoms with Crippen molar-refractivity contribution < 1.29 is 0 Å². The van der Waals surface area contributed by atoms with Gasteiger partial charge < -0.3 is 0 Å². The Kier molecular flexibility index (Phi) is 4.41. The van der Waals surface area contributed by atoms with Gasteiger partial charge >= 0.3 is 0 Å². The Hall–Kier alpha value is -1.31. The van der Waals surface area contributed by atoms with E-state index in [2.05, 4.69) is 41.3 Å². The largest absolute Gasteiger partial charge is 0.293 e. The average molecular weight is 326 g/mol. The van der Waals surface area contributed by atoms with Crippen molar-refractivity contribution in [3.05, 3.63) is 70.2 Å². The molecule has 0 saturated carbocycles. The van der Waals surface area contributed by atoms with E-state index in [4.69, 9.17) is 11.6 Å². The molecule has 2 saturated heterocycles. The fourth-order valence-corrected chi connectivity index (χ4v) is 4.44. The summed E-state index contributed by atoms with van der Waals surface area (Å²) >= 11 is 5.96. The quantitative estimate of drug-likeness (QED) is 0.708. The van der Waals surface area contributed by atoms with E-state index in [-0.39, 0.29) is 0 Å². The van der Waals surface area contributed by atoms with Crippen molar-refractivity contribution >= 4 is 11.6 Å². The maximum atomic E-state index is 5.96. The molecule has 0 aromatic heterocycles. The lowest BCUT2D eigenvalue weighted by atomic mass is 9.99. The monoisotopic (exact) mass is 325 g/mol. The number of hydrogen-bond acceptors (Lipinski definition) is 1. The van der Waals surface area contributed by atoms with E-state index in [9.17, 15) is 0 Å². The molecule has 4 rings (SSSR count). The zero-order chi connectivity index (χ0) is 15.6. The smallest absolute Gasteiger partial charge is 0.0406 e. The molecule has 1 nitrogen and oxygen atoms in total. The summed E-state index contributed by atoms with van der Waals surface area (Å²) in [6.07, 6.45) is 7.91. The van der Waals surface area contributed by atoms with Gasteiger partial charge in [-0.3, -0.25) is 4.90 Å². The molecule has 0 aliphatic carbocycles. The summed E-state index contributed by atoms with van der Waals surface area (Å²) in [6, 6.07) is 19.0. The fourth-order valence-electron chi connectivity index (χ4n) is 4.31. The Bertz CT molecular complexity index is 647. The van der Waals surface area contributed by atoms with Crippen LogP contribution in [0.15, 0.2) is 48.5 Å². The minimum absolute atomic E-state index is 0.657. The molecular formula is C21H24ClN. The van der Waals surface area contributed by atoms with E-state index in [0.29, 0.717) is 6.04 Å². The van der Waals surface area contributed by atoms with E-state index in [1.807, 2.05) is 12.1 Å². The summed E-state index contributed by atoms with van der Waals surface area (Å²) in [5, 5.41) is 0.807. The molecule has 2 heterocycles. The molecule has 2 unspecified atom stereocenters. The lowest BCUT2D eigenvalue weighted by molar-refractivity contribution is 0.150. The molecule has 23 heavy (non-hydrogen) atoms. The molecule has 2 aromatic rings. The molecule has 0 radical (unpaired) electrons. The van der Waals surface area contributed by atoms with Crippen molar-refractivity contribution in [1.29, 1.82) is 0 Å². The Morgan fingerprint density at radius 2 is 1.52 bits per heavy atom. The van der Waals surface area contributed by atoms with Crippen LogP contribution in [-0.2, 0) is 6.42 Å². The molecule has 0 bridgehead atoms. The van der Waals surface area contributed by atoms with Gasteiger partial charge in [0.05, 0.1) is 0 Å². The van der Waals surface area contributed by atoms with Gasteiger partial charge in [0.15, 0.2) is 0 Å². The van der Waals surface area contributed by atoms with Gasteiger partial charge in [-0.1, -0.05) is 54.4 Å². The molecular weight excluding hydrogens is 302 g/mol. The summed E-state index contributed by atoms with van der Waals surface area (Å²) in [5.74, 6) is 0. The minimum Gasteiger partial charge on any atom is -0.293 e. The Morgan fingerprint density at radius 1 is 0.826 bits per heavy atom. The normalized spacial score (nSPS) is 24.6. The number of benzene rings is 2. The standard InChI is InChI=1S/C21H24ClN/c22-19-10-6-17(7-11-19)15-16-4-8-18(9-5-16)21-13-12-20-3-1-2-14-23(20)21/h4-11,20-21H,1-3,12-15H2. The third kappa shape index (κ3) is 3.32. The Morgan fingerprint density at radius 3 is 2.26 bits per heavy atom. The number of hydrogen-bond donors (Lipinski definition) is 0. The SMILES string of the molecule is Clc1ccc(Cc2ccc(C3CCC4CCCCN43)cc2)cc1. The van der Waals surface area contributed by atoms with Gasteiger partial charge in [0, 0.05) is 17.1 Å². The van der Waals surface area contributed by atoms with Crippen molar-refractivity contribution in [2.24, 2.45) is 0 Å². The highest BCUT2D eigenvalue weighted by molar-refractivity contribution is 6.30. The predicted molar refractivity (Wildman–Crippen MR) is 97.0 cm³/mol. The first kappa shape index (κ1) is 15.2. The van der Waals surface area contributed by atoms with Gasteiger partial charge in [0.25, 0.3) is 0 Å². The number of rotatable bonds is 3. The minimum atomic E-state index is 0.657. The third-order valence-corrected chi connectivity index (χ3v) is 5.78. The number of piperidine rings is 1. The van der Waals surface area contributed by atoms with Crippen LogP contribution in [0.3, 0.4) is 0 Å². The second-order valence-corrected chi connectivity index (χ2v) is 7.46. The summed E-state index contributed by atoms with van der Waals surface area (Å²) < 4.78 is 0. The van der Waals surface area contributed by atoms with Crippen LogP contribution in [-0.4, -0.2) is 17.5 Å². The van der Waals surface area contributed by atoms with E-state index in [1.165, 1.54) is 55.3 Å². The van der Waals surface area contributed by atoms with Crippen molar-refractivity contribution in [3.63, 3.8) is 0 Å². The van der Waals surface area contributed by atoms with E-state index in [0.717, 1.165) is 17.5 Å². The number of nitrogens with zero attached hydrogens (tertiary/aromatic N) is 1. The summed E-state index contributed by atoms with van der Waals surface area (Å²) in [5.41, 5.74) is 4.21. The van der Waals surface area contributed by atoms with Crippen LogP contribution in [0, 0.1) is 0 Å². The molecule has 2 heteroatoms. The lowest BCUT2D eigenvalue weighted by Gasteiger charge is -2.34. The molecule has 2 aromatic carbocycles. The van der Waals surface area contributed by atoms with Crippen molar-refractivity contribution in [3.8, 4) is 0 Å². The van der Waals surface area contributed by atoms with Gasteiger partial charge in [0.2, 0.25) is 0 Å². The topological polar surface area (TPSA) is 3.24 Å². The maximum Gasteiger partial charge on any atom is 0.0406 e. The highest BCUT2D eigenvalue weighted by Gasteiger charge is 2.35. The summed E-state index contributed by atoms with van der Waals surface area (Å²) in [4.78, 5) is 2.76. The van der Waals surface area contributed by atoms with Crippen LogP contribution in [0.2, 0.25) is 5.02 Å². The zero-order valence-corrected chi connectivity index (χ0v) is 14.3. The highest BCUT2D eigenvalue weighted by Crippen LogP contribution is 2.40. The molecule has 2 atom stereocenters. The lowest BCUT2D eigenvalue weighted by Crippen LogP contribution is -2.35. The van der Waals surface area contributed by atoms with Crippen LogP contribution in [0.25, 0.3) is 0 Å². The highest BCUT2D eigenvalue weighted by atomic mass is 35.5. The van der Waals surface area contributed by atoms with Gasteiger partial charge in [-0.2, -0.15) is 0 Å². The first-order chi connectivity index (χ1) is 11.3. The van der Waals surface area contributed by atoms with Crippen molar-refractivity contribution in [2.45, 2.75) is 50.6 Å². The van der Waals surface area contributed by atoms with E-state index >= 15 is 0 Å². The van der Waals surface area contributed by atoms with Gasteiger partial charge in [0.1, 0.15) is 0 Å². The van der Waals surface area contributed by atoms with Crippen LogP contribution in [0.5, 0.6) is 0 Å². The molecule has 2 aliphatic rings. The first-order valence-electron chi connectivity index (χ1n) is 8.88. The first-order valence-corrected chi connectivity index (χ1v) is 9.26. The second-order valence-electron chi connectivity index (χ2n) is 7.03. The van der Waals surface area contributed by atoms with Crippen LogP contribution in [0.1, 0.15) is 54.8 Å². The predicted octanol–water partition coefficient (Wildman–Crippen LogP) is 5.62. The van der Waals surface area contributed by atoms with Crippen LogP contribution >= 0.6 is 11.6 Å². The van der Waals surface area contributed by atoms with Gasteiger partial charge in [-0.25, -0.2) is 0 Å². The van der Waals surface area contributed by atoms with Gasteiger partial charge in [-0.15, -0.1) is 0 Å². The second kappa shape index (κ2) is 6.67. The number of halogens is 1. The zero-order valence-electron chi connectivity index (χ0n) is 13.5. The van der Waals surface area contributed by atoms with Crippen LogP contribution < -0.4 is 0 Å².